The summed E-state index contributed by atoms with van der Waals surface area (Å²) in [6.45, 7) is 1.85. The van der Waals surface area contributed by atoms with Crippen LogP contribution in [0.5, 0.6) is 0 Å². The molecule has 0 saturated carbocycles. The van der Waals surface area contributed by atoms with Gasteiger partial charge in [-0.05, 0) is 12.5 Å². The fourth-order valence-electron chi connectivity index (χ4n) is 2.86. The van der Waals surface area contributed by atoms with Crippen molar-refractivity contribution in [3.8, 4) is 0 Å². The Labute approximate surface area is 132 Å². The fourth-order valence-corrected chi connectivity index (χ4v) is 4.30. The zero-order valence-electron chi connectivity index (χ0n) is 11.9. The molecule has 0 spiro atoms. The predicted molar refractivity (Wildman–Crippen MR) is 80.5 cm³/mol. The molecule has 1 aliphatic rings. The van der Waals surface area contributed by atoms with Gasteiger partial charge in [-0.2, -0.15) is 0 Å². The van der Waals surface area contributed by atoms with Gasteiger partial charge in [0.15, 0.2) is 17.9 Å². The van der Waals surface area contributed by atoms with E-state index >= 15 is 0 Å². The van der Waals surface area contributed by atoms with Crippen LogP contribution >= 0.6 is 11.8 Å². The molecule has 120 valence electrons. The van der Waals surface area contributed by atoms with Gasteiger partial charge in [0.25, 0.3) is 0 Å². The van der Waals surface area contributed by atoms with E-state index in [0.29, 0.717) is 18.2 Å². The standard InChI is InChI=1S/C15H11F2NO4S/c1-2-6-5-23-14-10(15(21)22)13(20)7-3-9(16)11(17)8(4-19)12(7)18(6)14/h3-4,6H,2,5H2,1H3,(H,21,22). The molecule has 3 rings (SSSR count). The summed E-state index contributed by atoms with van der Waals surface area (Å²) in [5.74, 6) is -3.63. The molecule has 8 heteroatoms. The maximum absolute atomic E-state index is 14.0. The maximum Gasteiger partial charge on any atom is 0.342 e. The van der Waals surface area contributed by atoms with Crippen LogP contribution in [0.1, 0.15) is 40.1 Å². The maximum atomic E-state index is 14.0. The predicted octanol–water partition coefficient (Wildman–Crippen LogP) is 2.85. The zero-order valence-corrected chi connectivity index (χ0v) is 12.7. The van der Waals surface area contributed by atoms with Crippen molar-refractivity contribution >= 4 is 34.9 Å². The number of aromatic carboxylic acids is 1. The number of carboxylic acid groups (broad SMARTS) is 1. The molecule has 1 aromatic carbocycles. The monoisotopic (exact) mass is 339 g/mol. The first-order valence-corrected chi connectivity index (χ1v) is 7.82. The lowest BCUT2D eigenvalue weighted by Crippen LogP contribution is -2.23. The Hall–Kier alpha value is -2.22. The number of thioether (sulfide) groups is 1. The van der Waals surface area contributed by atoms with Crippen LogP contribution in [-0.2, 0) is 0 Å². The van der Waals surface area contributed by atoms with Crippen molar-refractivity contribution in [3.63, 3.8) is 0 Å². The molecule has 23 heavy (non-hydrogen) atoms. The number of aldehydes is 1. The third-order valence-electron chi connectivity index (χ3n) is 3.95. The summed E-state index contributed by atoms with van der Waals surface area (Å²) in [6, 6.07) is 0.454. The first-order valence-electron chi connectivity index (χ1n) is 6.83. The SMILES string of the molecule is CCC1CSc2c(C(=O)O)c(=O)c3cc(F)c(F)c(C=O)c3n21. The number of nitrogens with zero attached hydrogens (tertiary/aromatic N) is 1. The molecule has 1 unspecified atom stereocenters. The number of carboxylic acids is 1. The van der Waals surface area contributed by atoms with E-state index in [1.54, 1.807) is 0 Å². The number of hydrogen-bond acceptors (Lipinski definition) is 4. The van der Waals surface area contributed by atoms with Crippen LogP contribution in [0, 0.1) is 11.6 Å². The van der Waals surface area contributed by atoms with Gasteiger partial charge in [0.05, 0.1) is 21.5 Å². The minimum atomic E-state index is -1.43. The van der Waals surface area contributed by atoms with Gasteiger partial charge in [-0.3, -0.25) is 9.59 Å². The van der Waals surface area contributed by atoms with E-state index in [0.717, 1.165) is 11.8 Å². The lowest BCUT2D eigenvalue weighted by Gasteiger charge is -2.18. The van der Waals surface area contributed by atoms with Crippen molar-refractivity contribution in [2.75, 3.05) is 5.75 Å². The Kier molecular flexibility index (Phi) is 3.71. The molecule has 0 saturated heterocycles. The minimum Gasteiger partial charge on any atom is -0.477 e. The lowest BCUT2D eigenvalue weighted by atomic mass is 10.0. The van der Waals surface area contributed by atoms with E-state index in [-0.39, 0.29) is 28.3 Å². The van der Waals surface area contributed by atoms with Crippen LogP contribution in [0.2, 0.25) is 0 Å². The molecule has 2 aromatic rings. The van der Waals surface area contributed by atoms with Gasteiger partial charge in [-0.25, -0.2) is 13.6 Å². The number of hydrogen-bond donors (Lipinski definition) is 1. The molecule has 0 amide bonds. The molecule has 1 N–H and O–H groups in total. The largest absolute Gasteiger partial charge is 0.477 e. The minimum absolute atomic E-state index is 0.0410. The van der Waals surface area contributed by atoms with Crippen molar-refractivity contribution in [3.05, 3.63) is 39.1 Å². The van der Waals surface area contributed by atoms with Gasteiger partial charge < -0.3 is 9.67 Å². The summed E-state index contributed by atoms with van der Waals surface area (Å²) in [7, 11) is 0. The van der Waals surface area contributed by atoms with Gasteiger partial charge >= 0.3 is 5.97 Å². The van der Waals surface area contributed by atoms with Crippen LogP contribution in [0.15, 0.2) is 15.9 Å². The second kappa shape index (κ2) is 5.45. The molecule has 1 aromatic heterocycles. The smallest absolute Gasteiger partial charge is 0.342 e. The molecule has 0 bridgehead atoms. The zero-order chi connectivity index (χ0) is 16.9. The van der Waals surface area contributed by atoms with Crippen molar-refractivity contribution in [2.45, 2.75) is 24.4 Å². The molecule has 2 heterocycles. The highest BCUT2D eigenvalue weighted by Crippen LogP contribution is 2.40. The lowest BCUT2D eigenvalue weighted by molar-refractivity contribution is 0.0690. The average molecular weight is 339 g/mol. The van der Waals surface area contributed by atoms with Crippen molar-refractivity contribution < 1.29 is 23.5 Å². The summed E-state index contributed by atoms with van der Waals surface area (Å²) >= 11 is 1.16. The molecule has 5 nitrogen and oxygen atoms in total. The Balaban J connectivity index is 2.63. The van der Waals surface area contributed by atoms with Gasteiger partial charge in [0.1, 0.15) is 5.56 Å². The number of aromatic nitrogens is 1. The second-order valence-corrected chi connectivity index (χ2v) is 6.17. The van der Waals surface area contributed by atoms with E-state index in [1.165, 1.54) is 4.57 Å². The van der Waals surface area contributed by atoms with Crippen LogP contribution < -0.4 is 5.43 Å². The Bertz CT molecular complexity index is 922. The second-order valence-electron chi connectivity index (χ2n) is 5.16. The van der Waals surface area contributed by atoms with Crippen LogP contribution in [-0.4, -0.2) is 27.7 Å². The first-order chi connectivity index (χ1) is 10.9. The third-order valence-corrected chi connectivity index (χ3v) is 5.18. The van der Waals surface area contributed by atoms with Gasteiger partial charge in [-0.15, -0.1) is 11.8 Å². The number of fused-ring (bicyclic) bond motifs is 3. The van der Waals surface area contributed by atoms with E-state index in [4.69, 9.17) is 0 Å². The average Bonchev–Trinajstić information content (AvgIpc) is 2.92. The molecule has 1 aliphatic heterocycles. The third kappa shape index (κ3) is 2.08. The normalized spacial score (nSPS) is 16.6. The summed E-state index contributed by atoms with van der Waals surface area (Å²) in [6.07, 6.45) is 0.748. The topological polar surface area (TPSA) is 76.4 Å². The number of halogens is 2. The highest BCUT2D eigenvalue weighted by Gasteiger charge is 2.32. The van der Waals surface area contributed by atoms with Crippen LogP contribution in [0.4, 0.5) is 8.78 Å². The van der Waals surface area contributed by atoms with E-state index in [1.807, 2.05) is 6.92 Å². The molecule has 0 radical (unpaired) electrons. The molecule has 1 atom stereocenters. The van der Waals surface area contributed by atoms with Crippen LogP contribution in [0.25, 0.3) is 10.9 Å². The number of pyridine rings is 1. The van der Waals surface area contributed by atoms with E-state index in [9.17, 15) is 28.3 Å². The molecule has 0 fully saturated rings. The van der Waals surface area contributed by atoms with Crippen LogP contribution in [0.3, 0.4) is 0 Å². The van der Waals surface area contributed by atoms with Crippen molar-refractivity contribution in [2.24, 2.45) is 0 Å². The summed E-state index contributed by atoms with van der Waals surface area (Å²) in [5, 5.41) is 9.21. The summed E-state index contributed by atoms with van der Waals surface area (Å²) in [5.41, 5.74) is -1.98. The van der Waals surface area contributed by atoms with Crippen molar-refractivity contribution in [1.29, 1.82) is 0 Å². The Morgan fingerprint density at radius 2 is 2.22 bits per heavy atom. The highest BCUT2D eigenvalue weighted by atomic mass is 32.2. The first kappa shape index (κ1) is 15.7. The number of benzene rings is 1. The fraction of sp³-hybridized carbons (Fsp3) is 0.267. The van der Waals surface area contributed by atoms with Gasteiger partial charge in [0.2, 0.25) is 5.43 Å². The van der Waals surface area contributed by atoms with Gasteiger partial charge in [0, 0.05) is 11.8 Å². The quantitative estimate of drug-likeness (QED) is 0.870. The molecular formula is C15H11F2NO4S. The van der Waals surface area contributed by atoms with E-state index < -0.39 is 34.2 Å². The van der Waals surface area contributed by atoms with Crippen molar-refractivity contribution in [1.82, 2.24) is 4.57 Å². The summed E-state index contributed by atoms with van der Waals surface area (Å²) < 4.78 is 29.2. The Morgan fingerprint density at radius 3 is 2.78 bits per heavy atom. The number of carbonyl (C=O) groups is 2. The molecular weight excluding hydrogens is 328 g/mol. The summed E-state index contributed by atoms with van der Waals surface area (Å²) in [4.78, 5) is 35.2. The Morgan fingerprint density at radius 1 is 1.52 bits per heavy atom. The van der Waals surface area contributed by atoms with Gasteiger partial charge in [-0.1, -0.05) is 6.92 Å². The number of rotatable bonds is 3. The molecule has 0 aliphatic carbocycles. The highest BCUT2D eigenvalue weighted by molar-refractivity contribution is 7.99. The van der Waals surface area contributed by atoms with E-state index in [2.05, 4.69) is 0 Å². The number of carbonyl (C=O) groups excluding carboxylic acids is 1.